The number of hydrogen-bond donors (Lipinski definition) is 2. The molecule has 1 spiro atoms. The topological polar surface area (TPSA) is 44.4 Å². The minimum atomic E-state index is -0.0812. The third kappa shape index (κ3) is 2.95. The summed E-state index contributed by atoms with van der Waals surface area (Å²) in [5, 5.41) is 6.18. The quantitative estimate of drug-likeness (QED) is 0.869. The fourth-order valence-corrected chi connectivity index (χ4v) is 4.50. The van der Waals surface area contributed by atoms with Crippen LogP contribution in [0.1, 0.15) is 49.7 Å². The number of allylic oxidation sites excluding steroid dienone is 1. The summed E-state index contributed by atoms with van der Waals surface area (Å²) >= 11 is 0. The van der Waals surface area contributed by atoms with E-state index in [9.17, 15) is 4.79 Å². The summed E-state index contributed by atoms with van der Waals surface area (Å²) in [5.41, 5.74) is 3.85. The summed E-state index contributed by atoms with van der Waals surface area (Å²) in [5.74, 6) is 0. The van der Waals surface area contributed by atoms with E-state index in [0.29, 0.717) is 5.54 Å². The second kappa shape index (κ2) is 6.25. The molecule has 1 saturated carbocycles. The number of likely N-dealkylation sites (N-methyl/N-ethyl adjacent to an activating group) is 1. The molecule has 2 N–H and O–H groups in total. The second-order valence-corrected chi connectivity index (χ2v) is 7.67. The Balaban J connectivity index is 1.37. The molecule has 1 saturated heterocycles. The van der Waals surface area contributed by atoms with Gasteiger partial charge in [0.15, 0.2) is 0 Å². The standard InChI is InChI=1S/C20H27N3O/c1-23-14-18(13-20(23)10-5-11-20)22-19(24)21-17-9-8-15-6-3-2-4-7-16(15)12-17/h4,7-9,12,18H,2-3,5-6,10-11,13-14H2,1H3,(H2,21,22,24). The number of fused-ring (bicyclic) bond motifs is 1. The van der Waals surface area contributed by atoms with Crippen LogP contribution in [-0.2, 0) is 6.42 Å². The molecule has 0 radical (unpaired) electrons. The highest BCUT2D eigenvalue weighted by Gasteiger charge is 2.47. The van der Waals surface area contributed by atoms with Gasteiger partial charge in [-0.05, 0) is 75.3 Å². The first kappa shape index (κ1) is 15.7. The molecule has 128 valence electrons. The Morgan fingerprint density at radius 1 is 1.29 bits per heavy atom. The van der Waals surface area contributed by atoms with E-state index in [-0.39, 0.29) is 12.1 Å². The fraction of sp³-hybridized carbons (Fsp3) is 0.550. The molecule has 2 fully saturated rings. The average molecular weight is 325 g/mol. The van der Waals surface area contributed by atoms with Crippen molar-refractivity contribution in [2.75, 3.05) is 18.9 Å². The van der Waals surface area contributed by atoms with E-state index < -0.39 is 0 Å². The van der Waals surface area contributed by atoms with Gasteiger partial charge in [0, 0.05) is 23.8 Å². The molecule has 2 amide bonds. The summed E-state index contributed by atoms with van der Waals surface area (Å²) in [6, 6.07) is 6.43. The van der Waals surface area contributed by atoms with E-state index in [0.717, 1.165) is 31.5 Å². The number of hydrogen-bond acceptors (Lipinski definition) is 2. The van der Waals surface area contributed by atoms with Crippen molar-refractivity contribution in [3.63, 3.8) is 0 Å². The van der Waals surface area contributed by atoms with Crippen LogP contribution < -0.4 is 10.6 Å². The molecular weight excluding hydrogens is 298 g/mol. The molecule has 0 aromatic heterocycles. The third-order valence-electron chi connectivity index (χ3n) is 6.07. The molecule has 1 aromatic carbocycles. The van der Waals surface area contributed by atoms with Crippen molar-refractivity contribution < 1.29 is 4.79 Å². The van der Waals surface area contributed by atoms with E-state index >= 15 is 0 Å². The van der Waals surface area contributed by atoms with Gasteiger partial charge in [-0.1, -0.05) is 18.2 Å². The first-order chi connectivity index (χ1) is 11.6. The van der Waals surface area contributed by atoms with Crippen molar-refractivity contribution in [2.24, 2.45) is 0 Å². The lowest BCUT2D eigenvalue weighted by Crippen LogP contribution is -2.47. The lowest BCUT2D eigenvalue weighted by Gasteiger charge is -2.44. The molecule has 1 heterocycles. The van der Waals surface area contributed by atoms with Gasteiger partial charge in [0.1, 0.15) is 0 Å². The van der Waals surface area contributed by atoms with Crippen molar-refractivity contribution in [3.8, 4) is 0 Å². The fourth-order valence-electron chi connectivity index (χ4n) is 4.50. The zero-order valence-corrected chi connectivity index (χ0v) is 14.5. The van der Waals surface area contributed by atoms with Gasteiger partial charge in [-0.15, -0.1) is 0 Å². The van der Waals surface area contributed by atoms with E-state index in [2.05, 4.69) is 46.9 Å². The molecule has 0 bridgehead atoms. The van der Waals surface area contributed by atoms with Crippen molar-refractivity contribution >= 4 is 17.8 Å². The van der Waals surface area contributed by atoms with Gasteiger partial charge in [0.25, 0.3) is 0 Å². The maximum atomic E-state index is 12.4. The molecule has 1 unspecified atom stereocenters. The van der Waals surface area contributed by atoms with Crippen molar-refractivity contribution in [1.29, 1.82) is 0 Å². The average Bonchev–Trinajstić information content (AvgIpc) is 2.69. The van der Waals surface area contributed by atoms with Gasteiger partial charge in [0.2, 0.25) is 0 Å². The molecule has 2 aliphatic carbocycles. The number of aryl methyl sites for hydroxylation is 1. The smallest absolute Gasteiger partial charge is 0.319 e. The highest BCUT2D eigenvalue weighted by molar-refractivity contribution is 5.90. The van der Waals surface area contributed by atoms with Crippen molar-refractivity contribution in [1.82, 2.24) is 10.2 Å². The van der Waals surface area contributed by atoms with Crippen LogP contribution in [0.5, 0.6) is 0 Å². The van der Waals surface area contributed by atoms with E-state index in [4.69, 9.17) is 0 Å². The SMILES string of the molecule is CN1CC(NC(=O)Nc2ccc3c(c2)C=CCCC3)CC12CCC2. The van der Waals surface area contributed by atoms with Gasteiger partial charge in [-0.2, -0.15) is 0 Å². The van der Waals surface area contributed by atoms with E-state index in [1.807, 2.05) is 6.07 Å². The number of rotatable bonds is 2. The Hall–Kier alpha value is -1.81. The molecule has 4 heteroatoms. The minimum absolute atomic E-state index is 0.0812. The van der Waals surface area contributed by atoms with Crippen LogP contribution in [0.25, 0.3) is 6.08 Å². The molecule has 1 aliphatic heterocycles. The Morgan fingerprint density at radius 2 is 2.17 bits per heavy atom. The van der Waals surface area contributed by atoms with Gasteiger partial charge >= 0.3 is 6.03 Å². The van der Waals surface area contributed by atoms with Gasteiger partial charge < -0.3 is 10.6 Å². The van der Waals surface area contributed by atoms with Gasteiger partial charge in [-0.3, -0.25) is 4.90 Å². The van der Waals surface area contributed by atoms with Crippen LogP contribution in [0.3, 0.4) is 0 Å². The summed E-state index contributed by atoms with van der Waals surface area (Å²) in [7, 11) is 2.19. The Labute approximate surface area is 144 Å². The van der Waals surface area contributed by atoms with E-state index in [1.54, 1.807) is 0 Å². The second-order valence-electron chi connectivity index (χ2n) is 7.67. The predicted molar refractivity (Wildman–Crippen MR) is 98.2 cm³/mol. The summed E-state index contributed by atoms with van der Waals surface area (Å²) < 4.78 is 0. The van der Waals surface area contributed by atoms with Crippen LogP contribution in [-0.4, -0.2) is 36.1 Å². The minimum Gasteiger partial charge on any atom is -0.334 e. The lowest BCUT2D eigenvalue weighted by molar-refractivity contribution is 0.0801. The van der Waals surface area contributed by atoms with Crippen molar-refractivity contribution in [3.05, 3.63) is 35.4 Å². The largest absolute Gasteiger partial charge is 0.334 e. The van der Waals surface area contributed by atoms with Crippen LogP contribution >= 0.6 is 0 Å². The van der Waals surface area contributed by atoms with Crippen LogP contribution in [0.15, 0.2) is 24.3 Å². The monoisotopic (exact) mass is 325 g/mol. The number of carbonyl (C=O) groups is 1. The number of carbonyl (C=O) groups excluding carboxylic acids is 1. The Morgan fingerprint density at radius 3 is 2.92 bits per heavy atom. The molecule has 1 aromatic rings. The van der Waals surface area contributed by atoms with Crippen LogP contribution in [0, 0.1) is 0 Å². The zero-order valence-electron chi connectivity index (χ0n) is 14.5. The number of benzene rings is 1. The molecule has 4 rings (SSSR count). The summed E-state index contributed by atoms with van der Waals surface area (Å²) in [6.45, 7) is 0.959. The Bertz CT molecular complexity index is 663. The van der Waals surface area contributed by atoms with Gasteiger partial charge in [-0.25, -0.2) is 4.79 Å². The molecule has 3 aliphatic rings. The highest BCUT2D eigenvalue weighted by Crippen LogP contribution is 2.44. The molecule has 24 heavy (non-hydrogen) atoms. The van der Waals surface area contributed by atoms with Crippen LogP contribution in [0.2, 0.25) is 0 Å². The van der Waals surface area contributed by atoms with Gasteiger partial charge in [0.05, 0.1) is 0 Å². The van der Waals surface area contributed by atoms with Crippen molar-refractivity contribution in [2.45, 2.75) is 56.5 Å². The lowest BCUT2D eigenvalue weighted by atomic mass is 9.74. The Kier molecular flexibility index (Phi) is 4.09. The number of nitrogens with zero attached hydrogens (tertiary/aromatic N) is 1. The number of amides is 2. The maximum absolute atomic E-state index is 12.4. The predicted octanol–water partition coefficient (Wildman–Crippen LogP) is 3.78. The first-order valence-electron chi connectivity index (χ1n) is 9.23. The number of anilines is 1. The number of nitrogens with one attached hydrogen (secondary N) is 2. The first-order valence-corrected chi connectivity index (χ1v) is 9.23. The summed E-state index contributed by atoms with van der Waals surface area (Å²) in [6.07, 6.45) is 12.8. The summed E-state index contributed by atoms with van der Waals surface area (Å²) in [4.78, 5) is 14.8. The third-order valence-corrected chi connectivity index (χ3v) is 6.07. The maximum Gasteiger partial charge on any atom is 0.319 e. The van der Waals surface area contributed by atoms with Crippen LogP contribution in [0.4, 0.5) is 10.5 Å². The van der Waals surface area contributed by atoms with E-state index in [1.165, 1.54) is 36.8 Å². The molecule has 1 atom stereocenters. The molecule has 4 nitrogen and oxygen atoms in total. The number of urea groups is 1. The number of likely N-dealkylation sites (tertiary alicyclic amines) is 1. The zero-order chi connectivity index (χ0) is 16.6. The highest BCUT2D eigenvalue weighted by atomic mass is 16.2. The molecular formula is C20H27N3O. The normalized spacial score (nSPS) is 25.0.